The van der Waals surface area contributed by atoms with Crippen LogP contribution in [0.1, 0.15) is 6.92 Å². The summed E-state index contributed by atoms with van der Waals surface area (Å²) in [4.78, 5) is 2.33. The minimum Gasteiger partial charge on any atom is -0.379 e. The zero-order valence-electron chi connectivity index (χ0n) is 7.70. The molecular weight excluding hydrogens is 154 g/mol. The highest BCUT2D eigenvalue weighted by Gasteiger charge is 2.19. The van der Waals surface area contributed by atoms with E-state index < -0.39 is 0 Å². The highest BCUT2D eigenvalue weighted by atomic mass is 16.5. The van der Waals surface area contributed by atoms with Gasteiger partial charge >= 0.3 is 0 Å². The number of hydrogen-bond acceptors (Lipinski definition) is 4. The van der Waals surface area contributed by atoms with Crippen LogP contribution in [-0.2, 0) is 4.74 Å². The van der Waals surface area contributed by atoms with Crippen LogP contribution in [0.15, 0.2) is 0 Å². The van der Waals surface area contributed by atoms with E-state index in [2.05, 4.69) is 11.8 Å². The SMILES string of the molecule is CC1COCCN1CC(N)CN. The average Bonchev–Trinajstić information content (AvgIpc) is 2.09. The van der Waals surface area contributed by atoms with Gasteiger partial charge in [-0.15, -0.1) is 0 Å². The van der Waals surface area contributed by atoms with Gasteiger partial charge in [-0.05, 0) is 6.92 Å². The highest BCUT2D eigenvalue weighted by molar-refractivity contribution is 4.76. The highest BCUT2D eigenvalue weighted by Crippen LogP contribution is 2.05. The van der Waals surface area contributed by atoms with Crippen LogP contribution in [0, 0.1) is 0 Å². The zero-order chi connectivity index (χ0) is 8.97. The van der Waals surface area contributed by atoms with Crippen LogP contribution < -0.4 is 11.5 Å². The standard InChI is InChI=1S/C8H19N3O/c1-7-6-12-3-2-11(7)5-8(10)4-9/h7-8H,2-6,9-10H2,1H3. The Labute approximate surface area is 73.8 Å². The van der Waals surface area contributed by atoms with Crippen LogP contribution >= 0.6 is 0 Å². The van der Waals surface area contributed by atoms with Crippen LogP contribution in [0.25, 0.3) is 0 Å². The fourth-order valence-electron chi connectivity index (χ4n) is 1.41. The van der Waals surface area contributed by atoms with Gasteiger partial charge in [-0.1, -0.05) is 0 Å². The van der Waals surface area contributed by atoms with Gasteiger partial charge in [-0.3, -0.25) is 4.90 Å². The Morgan fingerprint density at radius 3 is 3.00 bits per heavy atom. The minimum absolute atomic E-state index is 0.102. The molecular formula is C8H19N3O. The molecule has 4 N–H and O–H groups in total. The minimum atomic E-state index is 0.102. The van der Waals surface area contributed by atoms with E-state index in [0.717, 1.165) is 26.3 Å². The molecule has 2 unspecified atom stereocenters. The molecule has 0 radical (unpaired) electrons. The summed E-state index contributed by atoms with van der Waals surface area (Å²) >= 11 is 0. The predicted octanol–water partition coefficient (Wildman–Crippen LogP) is -1.01. The van der Waals surface area contributed by atoms with Gasteiger partial charge in [0.25, 0.3) is 0 Å². The molecule has 1 aliphatic rings. The van der Waals surface area contributed by atoms with Gasteiger partial charge in [0, 0.05) is 31.7 Å². The van der Waals surface area contributed by atoms with Crippen molar-refractivity contribution in [3.8, 4) is 0 Å². The Hall–Kier alpha value is -0.160. The molecule has 4 heteroatoms. The second-order valence-electron chi connectivity index (χ2n) is 3.41. The molecule has 1 aliphatic heterocycles. The van der Waals surface area contributed by atoms with Gasteiger partial charge in [0.15, 0.2) is 0 Å². The third kappa shape index (κ3) is 2.71. The normalized spacial score (nSPS) is 28.8. The van der Waals surface area contributed by atoms with Crippen LogP contribution in [-0.4, -0.2) is 49.8 Å². The third-order valence-electron chi connectivity index (χ3n) is 2.28. The Morgan fingerprint density at radius 1 is 1.67 bits per heavy atom. The van der Waals surface area contributed by atoms with E-state index in [0.29, 0.717) is 12.6 Å². The Bertz CT molecular complexity index is 131. The fraction of sp³-hybridized carbons (Fsp3) is 1.00. The molecule has 1 saturated heterocycles. The second-order valence-corrected chi connectivity index (χ2v) is 3.41. The maximum Gasteiger partial charge on any atom is 0.0619 e. The van der Waals surface area contributed by atoms with Gasteiger partial charge in [0.05, 0.1) is 13.2 Å². The van der Waals surface area contributed by atoms with Crippen molar-refractivity contribution in [1.82, 2.24) is 4.90 Å². The Kier molecular flexibility index (Phi) is 3.94. The van der Waals surface area contributed by atoms with Crippen molar-refractivity contribution < 1.29 is 4.74 Å². The summed E-state index contributed by atoms with van der Waals surface area (Å²) in [6.45, 7) is 6.22. The number of ether oxygens (including phenoxy) is 1. The maximum atomic E-state index is 5.76. The molecule has 0 amide bonds. The van der Waals surface area contributed by atoms with E-state index in [1.807, 2.05) is 0 Å². The smallest absolute Gasteiger partial charge is 0.0619 e. The summed E-state index contributed by atoms with van der Waals surface area (Å²) in [5, 5.41) is 0. The van der Waals surface area contributed by atoms with Crippen LogP contribution in [0.5, 0.6) is 0 Å². The van der Waals surface area contributed by atoms with Gasteiger partial charge in [-0.2, -0.15) is 0 Å². The lowest BCUT2D eigenvalue weighted by molar-refractivity contribution is -0.00235. The molecule has 0 aliphatic carbocycles. The molecule has 0 bridgehead atoms. The molecule has 12 heavy (non-hydrogen) atoms. The summed E-state index contributed by atoms with van der Waals surface area (Å²) < 4.78 is 5.31. The first-order valence-electron chi connectivity index (χ1n) is 4.51. The predicted molar refractivity (Wildman–Crippen MR) is 48.9 cm³/mol. The number of morpholine rings is 1. The van der Waals surface area contributed by atoms with Crippen LogP contribution in [0.4, 0.5) is 0 Å². The monoisotopic (exact) mass is 173 g/mol. The van der Waals surface area contributed by atoms with E-state index >= 15 is 0 Å². The largest absolute Gasteiger partial charge is 0.379 e. The van der Waals surface area contributed by atoms with E-state index in [1.54, 1.807) is 0 Å². The molecule has 0 spiro atoms. The van der Waals surface area contributed by atoms with Crippen molar-refractivity contribution in [2.75, 3.05) is 32.8 Å². The number of nitrogens with two attached hydrogens (primary N) is 2. The van der Waals surface area contributed by atoms with Crippen LogP contribution in [0.3, 0.4) is 0 Å². The van der Waals surface area contributed by atoms with Crippen molar-refractivity contribution in [3.63, 3.8) is 0 Å². The van der Waals surface area contributed by atoms with E-state index in [4.69, 9.17) is 16.2 Å². The Balaban J connectivity index is 2.28. The van der Waals surface area contributed by atoms with Crippen LogP contribution in [0.2, 0.25) is 0 Å². The summed E-state index contributed by atoms with van der Waals surface area (Å²) in [6.07, 6.45) is 0. The molecule has 1 rings (SSSR count). The van der Waals surface area contributed by atoms with Crippen molar-refractivity contribution in [3.05, 3.63) is 0 Å². The molecule has 4 nitrogen and oxygen atoms in total. The number of nitrogens with zero attached hydrogens (tertiary/aromatic N) is 1. The van der Waals surface area contributed by atoms with Crippen molar-refractivity contribution >= 4 is 0 Å². The zero-order valence-corrected chi connectivity index (χ0v) is 7.70. The topological polar surface area (TPSA) is 64.5 Å². The number of rotatable bonds is 3. The van der Waals surface area contributed by atoms with Gasteiger partial charge in [0.1, 0.15) is 0 Å². The lowest BCUT2D eigenvalue weighted by Gasteiger charge is -2.34. The first-order chi connectivity index (χ1) is 5.74. The lowest BCUT2D eigenvalue weighted by atomic mass is 10.2. The molecule has 0 aromatic rings. The fourth-order valence-corrected chi connectivity index (χ4v) is 1.41. The van der Waals surface area contributed by atoms with E-state index in [1.165, 1.54) is 0 Å². The first kappa shape index (κ1) is 9.92. The summed E-state index contributed by atoms with van der Waals surface area (Å²) in [5.74, 6) is 0. The third-order valence-corrected chi connectivity index (χ3v) is 2.28. The molecule has 72 valence electrons. The summed E-state index contributed by atoms with van der Waals surface area (Å²) in [6, 6.07) is 0.585. The average molecular weight is 173 g/mol. The summed E-state index contributed by atoms with van der Waals surface area (Å²) in [7, 11) is 0. The lowest BCUT2D eigenvalue weighted by Crippen LogP contribution is -2.50. The molecule has 2 atom stereocenters. The van der Waals surface area contributed by atoms with Crippen molar-refractivity contribution in [2.45, 2.75) is 19.0 Å². The quantitative estimate of drug-likeness (QED) is 0.574. The van der Waals surface area contributed by atoms with E-state index in [9.17, 15) is 0 Å². The Morgan fingerprint density at radius 2 is 2.42 bits per heavy atom. The van der Waals surface area contributed by atoms with Crippen molar-refractivity contribution in [1.29, 1.82) is 0 Å². The van der Waals surface area contributed by atoms with Gasteiger partial charge in [0.2, 0.25) is 0 Å². The maximum absolute atomic E-state index is 5.76. The van der Waals surface area contributed by atoms with Crippen molar-refractivity contribution in [2.24, 2.45) is 11.5 Å². The first-order valence-corrected chi connectivity index (χ1v) is 4.51. The molecule has 1 heterocycles. The molecule has 0 aromatic carbocycles. The van der Waals surface area contributed by atoms with Gasteiger partial charge < -0.3 is 16.2 Å². The van der Waals surface area contributed by atoms with E-state index in [-0.39, 0.29) is 6.04 Å². The second kappa shape index (κ2) is 4.77. The summed E-state index contributed by atoms with van der Waals surface area (Å²) in [5.41, 5.74) is 11.2. The molecule has 1 fully saturated rings. The molecule has 0 aromatic heterocycles. The number of hydrogen-bond donors (Lipinski definition) is 2. The molecule has 0 saturated carbocycles. The van der Waals surface area contributed by atoms with Gasteiger partial charge in [-0.25, -0.2) is 0 Å².